The van der Waals surface area contributed by atoms with Crippen LogP contribution in [0.15, 0.2) is 47.6 Å². The SMILES string of the molecule is CCOc1cc(C=NNc2nc(N3CCCCC3)nc(N3CCCCC3)n2)ccc1OCc1ccccc1Cl. The maximum atomic E-state index is 6.28. The number of halogens is 1. The van der Waals surface area contributed by atoms with Gasteiger partial charge in [-0.05, 0) is 75.3 Å². The van der Waals surface area contributed by atoms with Crippen molar-refractivity contribution in [3.63, 3.8) is 0 Å². The Hall–Kier alpha value is -3.59. The van der Waals surface area contributed by atoms with Gasteiger partial charge in [0, 0.05) is 36.8 Å². The molecule has 1 aromatic heterocycles. The number of benzene rings is 2. The molecule has 5 rings (SSSR count). The van der Waals surface area contributed by atoms with Crippen LogP contribution in [0.25, 0.3) is 0 Å². The first-order chi connectivity index (χ1) is 19.2. The predicted molar refractivity (Wildman–Crippen MR) is 157 cm³/mol. The van der Waals surface area contributed by atoms with Gasteiger partial charge in [-0.2, -0.15) is 20.1 Å². The lowest BCUT2D eigenvalue weighted by molar-refractivity contribution is 0.269. The molecule has 3 aromatic rings. The first-order valence-electron chi connectivity index (χ1n) is 13.9. The van der Waals surface area contributed by atoms with E-state index in [-0.39, 0.29) is 0 Å². The van der Waals surface area contributed by atoms with Crippen LogP contribution in [0.5, 0.6) is 11.5 Å². The Balaban J connectivity index is 1.30. The third kappa shape index (κ3) is 7.29. The lowest BCUT2D eigenvalue weighted by Crippen LogP contribution is -2.34. The summed E-state index contributed by atoms with van der Waals surface area (Å²) in [5.74, 6) is 3.19. The average Bonchev–Trinajstić information content (AvgIpc) is 2.98. The molecule has 2 saturated heterocycles. The average molecular weight is 550 g/mol. The molecule has 2 aliphatic rings. The highest BCUT2D eigenvalue weighted by Crippen LogP contribution is 2.30. The first kappa shape index (κ1) is 27.0. The van der Waals surface area contributed by atoms with Crippen molar-refractivity contribution >= 4 is 35.7 Å². The number of anilines is 3. The van der Waals surface area contributed by atoms with Gasteiger partial charge in [-0.3, -0.25) is 0 Å². The minimum atomic E-state index is 0.354. The number of rotatable bonds is 10. The van der Waals surface area contributed by atoms with E-state index in [1.807, 2.05) is 49.4 Å². The van der Waals surface area contributed by atoms with Gasteiger partial charge in [0.15, 0.2) is 11.5 Å². The number of hydrazone groups is 1. The summed E-state index contributed by atoms with van der Waals surface area (Å²) < 4.78 is 11.9. The van der Waals surface area contributed by atoms with Crippen molar-refractivity contribution in [1.29, 1.82) is 0 Å². The zero-order valence-electron chi connectivity index (χ0n) is 22.5. The zero-order chi connectivity index (χ0) is 26.9. The Bertz CT molecular complexity index is 1220. The molecule has 0 bridgehead atoms. The Morgan fingerprint density at radius 1 is 0.846 bits per heavy atom. The number of nitrogens with zero attached hydrogens (tertiary/aromatic N) is 6. The summed E-state index contributed by atoms with van der Waals surface area (Å²) in [6.07, 6.45) is 8.87. The molecule has 2 aromatic carbocycles. The fourth-order valence-corrected chi connectivity index (χ4v) is 4.99. The Labute approximate surface area is 235 Å². The number of nitrogens with one attached hydrogen (secondary N) is 1. The van der Waals surface area contributed by atoms with Crippen LogP contribution in [0.2, 0.25) is 5.02 Å². The molecule has 0 spiro atoms. The predicted octanol–water partition coefficient (Wildman–Crippen LogP) is 5.93. The second-order valence-electron chi connectivity index (χ2n) is 9.74. The molecule has 0 saturated carbocycles. The summed E-state index contributed by atoms with van der Waals surface area (Å²) >= 11 is 6.28. The molecule has 2 fully saturated rings. The van der Waals surface area contributed by atoms with E-state index in [9.17, 15) is 0 Å². The highest BCUT2D eigenvalue weighted by molar-refractivity contribution is 6.31. The van der Waals surface area contributed by atoms with E-state index < -0.39 is 0 Å². The van der Waals surface area contributed by atoms with Gasteiger partial charge in [0.05, 0.1) is 12.8 Å². The van der Waals surface area contributed by atoms with Gasteiger partial charge >= 0.3 is 0 Å². The van der Waals surface area contributed by atoms with Gasteiger partial charge in [-0.25, -0.2) is 5.43 Å². The quantitative estimate of drug-likeness (QED) is 0.246. The molecule has 0 atom stereocenters. The summed E-state index contributed by atoms with van der Waals surface area (Å²) in [5.41, 5.74) is 4.82. The number of ether oxygens (including phenoxy) is 2. The number of aromatic nitrogens is 3. The highest BCUT2D eigenvalue weighted by Gasteiger charge is 2.20. The number of piperidine rings is 2. The Kier molecular flexibility index (Phi) is 9.32. The molecule has 0 aliphatic carbocycles. The lowest BCUT2D eigenvalue weighted by Gasteiger charge is -2.30. The zero-order valence-corrected chi connectivity index (χ0v) is 23.2. The summed E-state index contributed by atoms with van der Waals surface area (Å²) in [4.78, 5) is 18.7. The number of hydrogen-bond donors (Lipinski definition) is 1. The smallest absolute Gasteiger partial charge is 0.250 e. The summed E-state index contributed by atoms with van der Waals surface area (Å²) in [6, 6.07) is 13.4. The molecule has 0 unspecified atom stereocenters. The van der Waals surface area contributed by atoms with E-state index in [0.29, 0.717) is 35.7 Å². The van der Waals surface area contributed by atoms with E-state index in [1.165, 1.54) is 12.8 Å². The van der Waals surface area contributed by atoms with Crippen LogP contribution in [0.3, 0.4) is 0 Å². The molecule has 0 radical (unpaired) electrons. The molecule has 39 heavy (non-hydrogen) atoms. The summed E-state index contributed by atoms with van der Waals surface area (Å²) in [6.45, 7) is 6.70. The molecular formula is C29H36ClN7O2. The fraction of sp³-hybridized carbons (Fsp3) is 0.448. The fourth-order valence-electron chi connectivity index (χ4n) is 4.80. The summed E-state index contributed by atoms with van der Waals surface area (Å²) in [7, 11) is 0. The molecule has 10 heteroatoms. The second kappa shape index (κ2) is 13.5. The maximum Gasteiger partial charge on any atom is 0.250 e. The van der Waals surface area contributed by atoms with Crippen LogP contribution in [0.1, 0.15) is 56.6 Å². The second-order valence-corrected chi connectivity index (χ2v) is 10.2. The van der Waals surface area contributed by atoms with Gasteiger partial charge in [0.1, 0.15) is 6.61 Å². The van der Waals surface area contributed by atoms with Gasteiger partial charge < -0.3 is 19.3 Å². The van der Waals surface area contributed by atoms with Crippen LogP contribution in [-0.4, -0.2) is 54.0 Å². The van der Waals surface area contributed by atoms with Crippen LogP contribution in [-0.2, 0) is 6.61 Å². The van der Waals surface area contributed by atoms with Crippen molar-refractivity contribution in [2.75, 3.05) is 48.0 Å². The lowest BCUT2D eigenvalue weighted by atomic mass is 10.1. The van der Waals surface area contributed by atoms with E-state index in [4.69, 9.17) is 36.0 Å². The van der Waals surface area contributed by atoms with Gasteiger partial charge in [0.2, 0.25) is 17.8 Å². The van der Waals surface area contributed by atoms with Crippen molar-refractivity contribution < 1.29 is 9.47 Å². The molecular weight excluding hydrogens is 514 g/mol. The maximum absolute atomic E-state index is 6.28. The third-order valence-corrected chi connectivity index (χ3v) is 7.25. The highest BCUT2D eigenvalue weighted by atomic mass is 35.5. The van der Waals surface area contributed by atoms with Crippen LogP contribution in [0, 0.1) is 0 Å². The largest absolute Gasteiger partial charge is 0.490 e. The van der Waals surface area contributed by atoms with Crippen molar-refractivity contribution in [3.8, 4) is 11.5 Å². The van der Waals surface area contributed by atoms with Crippen LogP contribution >= 0.6 is 11.6 Å². The Morgan fingerprint density at radius 2 is 1.51 bits per heavy atom. The van der Waals surface area contributed by atoms with Gasteiger partial charge in [-0.15, -0.1) is 0 Å². The van der Waals surface area contributed by atoms with Crippen molar-refractivity contribution in [2.45, 2.75) is 52.1 Å². The molecule has 3 heterocycles. The van der Waals surface area contributed by atoms with Gasteiger partial charge in [0.25, 0.3) is 0 Å². The molecule has 206 valence electrons. The van der Waals surface area contributed by atoms with E-state index in [2.05, 4.69) is 20.3 Å². The minimum Gasteiger partial charge on any atom is -0.490 e. The monoisotopic (exact) mass is 549 g/mol. The van der Waals surface area contributed by atoms with E-state index in [0.717, 1.165) is 74.9 Å². The Morgan fingerprint density at radius 3 is 2.15 bits per heavy atom. The molecule has 9 nitrogen and oxygen atoms in total. The van der Waals surface area contributed by atoms with Crippen LogP contribution < -0.4 is 24.7 Å². The first-order valence-corrected chi connectivity index (χ1v) is 14.3. The third-order valence-electron chi connectivity index (χ3n) is 6.88. The van der Waals surface area contributed by atoms with Crippen molar-refractivity contribution in [1.82, 2.24) is 15.0 Å². The van der Waals surface area contributed by atoms with E-state index >= 15 is 0 Å². The van der Waals surface area contributed by atoms with Crippen molar-refractivity contribution in [2.24, 2.45) is 5.10 Å². The standard InChI is InChI=1S/C29H36ClN7O2/c1-2-38-26-19-22(13-14-25(26)39-21-23-11-5-6-12-24(23)30)20-31-35-27-32-28(36-15-7-3-8-16-36)34-29(33-27)37-17-9-4-10-18-37/h5-6,11-14,19-20H,2-4,7-10,15-18,21H2,1H3,(H,32,33,34,35). The van der Waals surface area contributed by atoms with E-state index in [1.54, 1.807) is 6.21 Å². The number of hydrogen-bond acceptors (Lipinski definition) is 9. The molecule has 0 amide bonds. The molecule has 1 N–H and O–H groups in total. The topological polar surface area (TPSA) is 88.0 Å². The van der Waals surface area contributed by atoms with Crippen molar-refractivity contribution in [3.05, 3.63) is 58.6 Å². The summed E-state index contributed by atoms with van der Waals surface area (Å²) in [5, 5.41) is 5.12. The van der Waals surface area contributed by atoms with Gasteiger partial charge in [-0.1, -0.05) is 29.8 Å². The normalized spacial score (nSPS) is 15.9. The molecule has 2 aliphatic heterocycles. The van der Waals surface area contributed by atoms with Crippen LogP contribution in [0.4, 0.5) is 17.8 Å². The minimum absolute atomic E-state index is 0.354.